The molecule has 3 heteroatoms. The van der Waals surface area contributed by atoms with E-state index in [4.69, 9.17) is 5.73 Å². The quantitative estimate of drug-likeness (QED) is 0.840. The predicted octanol–water partition coefficient (Wildman–Crippen LogP) is 2.94. The van der Waals surface area contributed by atoms with E-state index in [0.29, 0.717) is 5.92 Å². The molecule has 6 unspecified atom stereocenters. The highest BCUT2D eigenvalue weighted by Crippen LogP contribution is 2.48. The van der Waals surface area contributed by atoms with E-state index in [-0.39, 0.29) is 23.3 Å². The molecule has 0 aliphatic heterocycles. The molecule has 3 aliphatic rings. The average molecular weight is 292 g/mol. The van der Waals surface area contributed by atoms with E-state index in [1.807, 2.05) is 0 Å². The standard InChI is InChI=1S/C18H32N2O/c1-11-16(19)7-6-15(18(11,2)3)17(21)20-10-14-9-12-4-5-13(14)8-12/h11-16H,4-10,19H2,1-3H3,(H,20,21). The summed E-state index contributed by atoms with van der Waals surface area (Å²) in [6, 6.07) is 0.245. The summed E-state index contributed by atoms with van der Waals surface area (Å²) in [6.07, 6.45) is 7.52. The van der Waals surface area contributed by atoms with Crippen molar-refractivity contribution < 1.29 is 4.79 Å². The van der Waals surface area contributed by atoms with Gasteiger partial charge in [-0.25, -0.2) is 0 Å². The van der Waals surface area contributed by atoms with E-state index in [1.165, 1.54) is 25.7 Å². The normalized spacial score (nSPS) is 44.8. The number of rotatable bonds is 3. The number of nitrogens with two attached hydrogens (primary N) is 1. The fourth-order valence-electron chi connectivity index (χ4n) is 5.30. The van der Waals surface area contributed by atoms with Gasteiger partial charge in [0.25, 0.3) is 0 Å². The smallest absolute Gasteiger partial charge is 0.223 e. The molecule has 0 spiro atoms. The first-order valence-corrected chi connectivity index (χ1v) is 8.93. The molecule has 3 nitrogen and oxygen atoms in total. The highest BCUT2D eigenvalue weighted by molar-refractivity contribution is 5.79. The zero-order valence-electron chi connectivity index (χ0n) is 13.9. The van der Waals surface area contributed by atoms with Gasteiger partial charge >= 0.3 is 0 Å². The Bertz CT molecular complexity index is 406. The van der Waals surface area contributed by atoms with Crippen LogP contribution in [0.5, 0.6) is 0 Å². The lowest BCUT2D eigenvalue weighted by atomic mass is 9.61. The van der Waals surface area contributed by atoms with Crippen molar-refractivity contribution in [1.29, 1.82) is 0 Å². The molecule has 3 saturated carbocycles. The lowest BCUT2D eigenvalue weighted by Gasteiger charge is -2.46. The van der Waals surface area contributed by atoms with Crippen molar-refractivity contribution in [2.24, 2.45) is 40.7 Å². The number of hydrogen-bond donors (Lipinski definition) is 2. The number of carbonyl (C=O) groups excluding carboxylic acids is 1. The number of amides is 1. The maximum Gasteiger partial charge on any atom is 0.223 e. The van der Waals surface area contributed by atoms with Gasteiger partial charge in [0.1, 0.15) is 0 Å². The highest BCUT2D eigenvalue weighted by atomic mass is 16.1. The van der Waals surface area contributed by atoms with E-state index in [0.717, 1.165) is 37.1 Å². The van der Waals surface area contributed by atoms with Crippen molar-refractivity contribution in [1.82, 2.24) is 5.32 Å². The summed E-state index contributed by atoms with van der Waals surface area (Å²) in [5, 5.41) is 3.29. The van der Waals surface area contributed by atoms with Crippen LogP contribution < -0.4 is 11.1 Å². The van der Waals surface area contributed by atoms with Gasteiger partial charge in [0.2, 0.25) is 5.91 Å². The van der Waals surface area contributed by atoms with Crippen LogP contribution in [0, 0.1) is 35.0 Å². The molecular formula is C18H32N2O. The Balaban J connectivity index is 1.55. The lowest BCUT2D eigenvalue weighted by molar-refractivity contribution is -0.132. The zero-order valence-corrected chi connectivity index (χ0v) is 13.9. The molecule has 21 heavy (non-hydrogen) atoms. The van der Waals surface area contributed by atoms with Crippen molar-refractivity contribution in [3.63, 3.8) is 0 Å². The Morgan fingerprint density at radius 1 is 1.19 bits per heavy atom. The van der Waals surface area contributed by atoms with E-state index in [1.54, 1.807) is 0 Å². The van der Waals surface area contributed by atoms with Gasteiger partial charge in [0.15, 0.2) is 0 Å². The molecule has 3 rings (SSSR count). The summed E-state index contributed by atoms with van der Waals surface area (Å²) in [4.78, 5) is 12.7. The van der Waals surface area contributed by atoms with Crippen LogP contribution >= 0.6 is 0 Å². The Hall–Kier alpha value is -0.570. The molecule has 3 fully saturated rings. The second-order valence-electron chi connectivity index (χ2n) is 8.58. The van der Waals surface area contributed by atoms with E-state index in [9.17, 15) is 4.79 Å². The second kappa shape index (κ2) is 5.57. The number of hydrogen-bond acceptors (Lipinski definition) is 2. The van der Waals surface area contributed by atoms with Crippen LogP contribution in [-0.4, -0.2) is 18.5 Å². The van der Waals surface area contributed by atoms with E-state index < -0.39 is 0 Å². The van der Waals surface area contributed by atoms with Gasteiger partial charge in [0.05, 0.1) is 0 Å². The molecule has 0 radical (unpaired) electrons. The molecule has 120 valence electrons. The van der Waals surface area contributed by atoms with Crippen LogP contribution in [0.1, 0.15) is 59.3 Å². The lowest BCUT2D eigenvalue weighted by Crippen LogP contribution is -2.52. The minimum absolute atomic E-state index is 0.0103. The van der Waals surface area contributed by atoms with Gasteiger partial charge in [-0.1, -0.05) is 27.2 Å². The molecule has 3 aliphatic carbocycles. The van der Waals surface area contributed by atoms with Crippen molar-refractivity contribution >= 4 is 5.91 Å². The summed E-state index contributed by atoms with van der Waals surface area (Å²) < 4.78 is 0. The maximum atomic E-state index is 12.7. The molecule has 0 aromatic heterocycles. The van der Waals surface area contributed by atoms with Gasteiger partial charge in [-0.05, 0) is 61.2 Å². The maximum absolute atomic E-state index is 12.7. The third kappa shape index (κ3) is 2.74. The Labute approximate surface area is 129 Å². The molecule has 0 aromatic carbocycles. The first-order chi connectivity index (χ1) is 9.89. The highest BCUT2D eigenvalue weighted by Gasteiger charge is 2.45. The third-order valence-electron chi connectivity index (χ3n) is 7.24. The Kier molecular flexibility index (Phi) is 4.06. The van der Waals surface area contributed by atoms with Crippen LogP contribution in [0.15, 0.2) is 0 Å². The van der Waals surface area contributed by atoms with Gasteiger partial charge in [-0.3, -0.25) is 4.79 Å². The predicted molar refractivity (Wildman–Crippen MR) is 85.6 cm³/mol. The Morgan fingerprint density at radius 2 is 1.95 bits per heavy atom. The summed E-state index contributed by atoms with van der Waals surface area (Å²) in [7, 11) is 0. The molecule has 6 atom stereocenters. The van der Waals surface area contributed by atoms with Crippen molar-refractivity contribution in [2.75, 3.05) is 6.54 Å². The van der Waals surface area contributed by atoms with Crippen LogP contribution in [0.25, 0.3) is 0 Å². The summed E-state index contributed by atoms with van der Waals surface area (Å²) in [5.74, 6) is 3.42. The monoisotopic (exact) mass is 292 g/mol. The van der Waals surface area contributed by atoms with Crippen LogP contribution in [0.4, 0.5) is 0 Å². The summed E-state index contributed by atoms with van der Waals surface area (Å²) in [6.45, 7) is 7.56. The average Bonchev–Trinajstić information content (AvgIpc) is 3.05. The molecular weight excluding hydrogens is 260 g/mol. The minimum atomic E-state index is 0.0103. The SMILES string of the molecule is CC1C(N)CCC(C(=O)NCC2CC3CCC2C3)C1(C)C. The topological polar surface area (TPSA) is 55.1 Å². The Morgan fingerprint density at radius 3 is 2.57 bits per heavy atom. The molecule has 0 heterocycles. The minimum Gasteiger partial charge on any atom is -0.356 e. The van der Waals surface area contributed by atoms with Gasteiger partial charge in [0, 0.05) is 18.5 Å². The molecule has 3 N–H and O–H groups in total. The van der Waals surface area contributed by atoms with Gasteiger partial charge in [-0.15, -0.1) is 0 Å². The van der Waals surface area contributed by atoms with E-state index >= 15 is 0 Å². The first kappa shape index (κ1) is 15.3. The van der Waals surface area contributed by atoms with Crippen LogP contribution in [-0.2, 0) is 4.79 Å². The fraction of sp³-hybridized carbons (Fsp3) is 0.944. The zero-order chi connectivity index (χ0) is 15.2. The van der Waals surface area contributed by atoms with Crippen LogP contribution in [0.3, 0.4) is 0 Å². The number of fused-ring (bicyclic) bond motifs is 2. The number of carbonyl (C=O) groups is 1. The molecule has 2 bridgehead atoms. The second-order valence-corrected chi connectivity index (χ2v) is 8.58. The van der Waals surface area contributed by atoms with E-state index in [2.05, 4.69) is 26.1 Å². The number of nitrogens with one attached hydrogen (secondary N) is 1. The third-order valence-corrected chi connectivity index (χ3v) is 7.24. The van der Waals surface area contributed by atoms with Crippen LogP contribution in [0.2, 0.25) is 0 Å². The fourth-order valence-corrected chi connectivity index (χ4v) is 5.30. The molecule has 0 saturated heterocycles. The summed E-state index contributed by atoms with van der Waals surface area (Å²) >= 11 is 0. The molecule has 1 amide bonds. The van der Waals surface area contributed by atoms with Crippen molar-refractivity contribution in [2.45, 2.75) is 65.3 Å². The van der Waals surface area contributed by atoms with Gasteiger partial charge in [-0.2, -0.15) is 0 Å². The van der Waals surface area contributed by atoms with Crippen molar-refractivity contribution in [3.05, 3.63) is 0 Å². The summed E-state index contributed by atoms with van der Waals surface area (Å²) in [5.41, 5.74) is 6.21. The molecule has 0 aromatic rings. The largest absolute Gasteiger partial charge is 0.356 e. The first-order valence-electron chi connectivity index (χ1n) is 8.93. The van der Waals surface area contributed by atoms with Gasteiger partial charge < -0.3 is 11.1 Å². The van der Waals surface area contributed by atoms with Crippen molar-refractivity contribution in [3.8, 4) is 0 Å².